The lowest BCUT2D eigenvalue weighted by atomic mass is 10.2. The van der Waals surface area contributed by atoms with E-state index in [1.165, 1.54) is 18.4 Å². The second-order valence-electron chi connectivity index (χ2n) is 5.58. The number of benzene rings is 1. The maximum atomic E-state index is 12.1. The topological polar surface area (TPSA) is 60.9 Å². The summed E-state index contributed by atoms with van der Waals surface area (Å²) < 4.78 is 15.8. The van der Waals surface area contributed by atoms with Crippen molar-refractivity contribution in [3.63, 3.8) is 0 Å². The lowest BCUT2D eigenvalue weighted by Crippen LogP contribution is -2.36. The normalized spacial score (nSPS) is 10.7. The molecule has 0 spiro atoms. The highest BCUT2D eigenvalue weighted by Gasteiger charge is 2.15. The molecule has 25 heavy (non-hydrogen) atoms. The SMILES string of the molecule is COCCN(Cc1csc(COc2cccc(C)c2)n1)C(=O)COC. The minimum atomic E-state index is -0.0786. The number of nitrogens with zero attached hydrogens (tertiary/aromatic N) is 2. The van der Waals surface area contributed by atoms with Crippen LogP contribution in [0.25, 0.3) is 0 Å². The summed E-state index contributed by atoms with van der Waals surface area (Å²) in [6.07, 6.45) is 0. The fourth-order valence-electron chi connectivity index (χ4n) is 2.24. The molecule has 1 heterocycles. The van der Waals surface area contributed by atoms with E-state index in [2.05, 4.69) is 4.98 Å². The molecule has 1 aromatic carbocycles. The Balaban J connectivity index is 1.92. The van der Waals surface area contributed by atoms with E-state index in [0.717, 1.165) is 22.0 Å². The van der Waals surface area contributed by atoms with E-state index in [1.807, 2.05) is 36.6 Å². The van der Waals surface area contributed by atoms with Gasteiger partial charge in [-0.3, -0.25) is 4.79 Å². The number of hydrogen-bond donors (Lipinski definition) is 0. The highest BCUT2D eigenvalue weighted by atomic mass is 32.1. The van der Waals surface area contributed by atoms with Crippen LogP contribution < -0.4 is 4.74 Å². The molecular formula is C18H24N2O4S. The molecule has 0 bridgehead atoms. The van der Waals surface area contributed by atoms with Gasteiger partial charge in [-0.2, -0.15) is 0 Å². The molecule has 0 atom stereocenters. The first kappa shape index (κ1) is 19.4. The van der Waals surface area contributed by atoms with Crippen molar-refractivity contribution in [2.75, 3.05) is 34.0 Å². The quantitative estimate of drug-likeness (QED) is 0.649. The van der Waals surface area contributed by atoms with E-state index in [0.29, 0.717) is 26.3 Å². The Morgan fingerprint density at radius 2 is 2.12 bits per heavy atom. The van der Waals surface area contributed by atoms with Crippen molar-refractivity contribution in [1.82, 2.24) is 9.88 Å². The number of ether oxygens (including phenoxy) is 3. The lowest BCUT2D eigenvalue weighted by molar-refractivity contribution is -0.136. The van der Waals surface area contributed by atoms with Gasteiger partial charge in [-0.1, -0.05) is 12.1 Å². The van der Waals surface area contributed by atoms with E-state index in [9.17, 15) is 4.79 Å². The number of thiazole rings is 1. The summed E-state index contributed by atoms with van der Waals surface area (Å²) in [6.45, 7) is 3.91. The molecule has 2 aromatic rings. The fraction of sp³-hybridized carbons (Fsp3) is 0.444. The summed E-state index contributed by atoms with van der Waals surface area (Å²) >= 11 is 1.53. The number of aromatic nitrogens is 1. The van der Waals surface area contributed by atoms with Crippen LogP contribution in [0.15, 0.2) is 29.6 Å². The molecular weight excluding hydrogens is 340 g/mol. The van der Waals surface area contributed by atoms with E-state index in [-0.39, 0.29) is 12.5 Å². The number of aryl methyl sites for hydroxylation is 1. The molecule has 0 aliphatic carbocycles. The third-order valence-corrected chi connectivity index (χ3v) is 4.36. The highest BCUT2D eigenvalue weighted by Crippen LogP contribution is 2.17. The average Bonchev–Trinajstić information content (AvgIpc) is 3.04. The molecule has 0 N–H and O–H groups in total. The average molecular weight is 364 g/mol. The highest BCUT2D eigenvalue weighted by molar-refractivity contribution is 7.09. The first-order valence-corrected chi connectivity index (χ1v) is 8.88. The van der Waals surface area contributed by atoms with Gasteiger partial charge >= 0.3 is 0 Å². The molecule has 0 aliphatic heterocycles. The van der Waals surface area contributed by atoms with Crippen molar-refractivity contribution in [2.45, 2.75) is 20.1 Å². The van der Waals surface area contributed by atoms with E-state index < -0.39 is 0 Å². The number of hydrogen-bond acceptors (Lipinski definition) is 6. The van der Waals surface area contributed by atoms with Crippen molar-refractivity contribution < 1.29 is 19.0 Å². The Kier molecular flexibility index (Phi) is 7.84. The summed E-state index contributed by atoms with van der Waals surface area (Å²) in [6, 6.07) is 7.91. The van der Waals surface area contributed by atoms with Gasteiger partial charge in [-0.15, -0.1) is 11.3 Å². The molecule has 0 aliphatic rings. The molecule has 0 unspecified atom stereocenters. The molecule has 1 aromatic heterocycles. The zero-order chi connectivity index (χ0) is 18.1. The van der Waals surface area contributed by atoms with Crippen LogP contribution in [0.4, 0.5) is 0 Å². The molecule has 0 saturated heterocycles. The molecule has 0 radical (unpaired) electrons. The summed E-state index contributed by atoms with van der Waals surface area (Å²) in [5, 5.41) is 2.83. The van der Waals surface area contributed by atoms with E-state index >= 15 is 0 Å². The third kappa shape index (κ3) is 6.45. The standard InChI is InChI=1S/C18H24N2O4S/c1-14-5-4-6-16(9-14)24-11-17-19-15(13-25-17)10-20(7-8-22-2)18(21)12-23-3/h4-6,9,13H,7-8,10-12H2,1-3H3. The molecule has 6 nitrogen and oxygen atoms in total. The number of carbonyl (C=O) groups is 1. The molecule has 1 amide bonds. The van der Waals surface area contributed by atoms with Gasteiger partial charge in [-0.25, -0.2) is 4.98 Å². The maximum absolute atomic E-state index is 12.1. The zero-order valence-electron chi connectivity index (χ0n) is 14.9. The van der Waals surface area contributed by atoms with Gasteiger partial charge in [0.1, 0.15) is 24.0 Å². The molecule has 2 rings (SSSR count). The Morgan fingerprint density at radius 1 is 1.28 bits per heavy atom. The maximum Gasteiger partial charge on any atom is 0.248 e. The van der Waals surface area contributed by atoms with Gasteiger partial charge < -0.3 is 19.1 Å². The number of rotatable bonds is 10. The molecule has 136 valence electrons. The summed E-state index contributed by atoms with van der Waals surface area (Å²) in [4.78, 5) is 18.3. The number of methoxy groups -OCH3 is 2. The van der Waals surface area contributed by atoms with Crippen LogP contribution in [0.1, 0.15) is 16.3 Å². The van der Waals surface area contributed by atoms with Crippen LogP contribution in [0.2, 0.25) is 0 Å². The zero-order valence-corrected chi connectivity index (χ0v) is 15.7. The Labute approximate surface area is 152 Å². The summed E-state index contributed by atoms with van der Waals surface area (Å²) in [5.41, 5.74) is 2.00. The van der Waals surface area contributed by atoms with Crippen molar-refractivity contribution in [3.8, 4) is 5.75 Å². The Morgan fingerprint density at radius 3 is 2.84 bits per heavy atom. The van der Waals surface area contributed by atoms with Crippen molar-refractivity contribution in [3.05, 3.63) is 45.9 Å². The smallest absolute Gasteiger partial charge is 0.248 e. The largest absolute Gasteiger partial charge is 0.486 e. The van der Waals surface area contributed by atoms with Crippen LogP contribution in [0.5, 0.6) is 5.75 Å². The second kappa shape index (κ2) is 10.1. The van der Waals surface area contributed by atoms with Crippen LogP contribution in [-0.4, -0.2) is 49.8 Å². The van der Waals surface area contributed by atoms with Gasteiger partial charge in [0.05, 0.1) is 18.8 Å². The number of carbonyl (C=O) groups excluding carboxylic acids is 1. The molecule has 0 fully saturated rings. The van der Waals surface area contributed by atoms with E-state index in [1.54, 1.807) is 12.0 Å². The first-order chi connectivity index (χ1) is 12.1. The monoisotopic (exact) mass is 364 g/mol. The van der Waals surface area contributed by atoms with Gasteiger partial charge in [0.25, 0.3) is 0 Å². The minimum Gasteiger partial charge on any atom is -0.486 e. The van der Waals surface area contributed by atoms with Crippen LogP contribution in [-0.2, 0) is 27.4 Å². The summed E-state index contributed by atoms with van der Waals surface area (Å²) in [7, 11) is 3.12. The van der Waals surface area contributed by atoms with Gasteiger partial charge in [0.2, 0.25) is 5.91 Å². The Bertz CT molecular complexity index is 675. The van der Waals surface area contributed by atoms with Crippen LogP contribution >= 0.6 is 11.3 Å². The van der Waals surface area contributed by atoms with E-state index in [4.69, 9.17) is 14.2 Å². The van der Waals surface area contributed by atoms with Gasteiger partial charge in [0.15, 0.2) is 0 Å². The molecule has 7 heteroatoms. The fourth-order valence-corrected chi connectivity index (χ4v) is 2.94. The Hall–Kier alpha value is -1.96. The van der Waals surface area contributed by atoms with Crippen molar-refractivity contribution in [1.29, 1.82) is 0 Å². The molecule has 0 saturated carbocycles. The van der Waals surface area contributed by atoms with Gasteiger partial charge in [0, 0.05) is 26.1 Å². The second-order valence-corrected chi connectivity index (χ2v) is 6.52. The third-order valence-electron chi connectivity index (χ3n) is 3.49. The lowest BCUT2D eigenvalue weighted by Gasteiger charge is -2.21. The van der Waals surface area contributed by atoms with Crippen molar-refractivity contribution in [2.24, 2.45) is 0 Å². The summed E-state index contributed by atoms with van der Waals surface area (Å²) in [5.74, 6) is 0.749. The predicted octanol–water partition coefficient (Wildman–Crippen LogP) is 2.65. The predicted molar refractivity (Wildman–Crippen MR) is 96.8 cm³/mol. The first-order valence-electron chi connectivity index (χ1n) is 8.00. The van der Waals surface area contributed by atoms with Crippen molar-refractivity contribution >= 4 is 17.2 Å². The van der Waals surface area contributed by atoms with Gasteiger partial charge in [-0.05, 0) is 24.6 Å². The van der Waals surface area contributed by atoms with Crippen LogP contribution in [0.3, 0.4) is 0 Å². The van der Waals surface area contributed by atoms with Crippen LogP contribution in [0, 0.1) is 6.92 Å². The number of amides is 1. The minimum absolute atomic E-state index is 0.0528.